The van der Waals surface area contributed by atoms with Crippen molar-refractivity contribution in [2.75, 3.05) is 31.1 Å². The number of fused-ring (bicyclic) bond motifs is 1. The third-order valence-corrected chi connectivity index (χ3v) is 10.8. The van der Waals surface area contributed by atoms with Crippen molar-refractivity contribution in [3.63, 3.8) is 0 Å². The summed E-state index contributed by atoms with van der Waals surface area (Å²) < 4.78 is 13.8. The number of para-hydroxylation sites is 1. The molecule has 298 valence electrons. The molecular weight excluding hydrogens is 720 g/mol. The maximum absolute atomic E-state index is 13.8. The SMILES string of the molecule is CC(=O)c1cc(F)cnc1N(C(C)=O)C1=CC=CC(c2ccc(CN3CCCCNCC3)cc2)=CC1.CC1CCC(NC(=O)c2cc(=O)c3ccccc3[nH]2)CC1. The molecule has 1 aliphatic heterocycles. The number of aromatic nitrogens is 2. The molecule has 10 nitrogen and oxygen atoms in total. The Morgan fingerprint density at radius 1 is 0.965 bits per heavy atom. The van der Waals surface area contributed by atoms with Crippen LogP contribution in [-0.2, 0) is 11.3 Å². The van der Waals surface area contributed by atoms with Gasteiger partial charge in [0.15, 0.2) is 17.0 Å². The molecule has 4 aromatic rings. The van der Waals surface area contributed by atoms with Gasteiger partial charge in [0.1, 0.15) is 11.5 Å². The molecule has 7 rings (SSSR count). The van der Waals surface area contributed by atoms with Crippen LogP contribution in [0.2, 0.25) is 0 Å². The Kier molecular flexibility index (Phi) is 14.1. The fourth-order valence-electron chi connectivity index (χ4n) is 7.62. The van der Waals surface area contributed by atoms with Crippen LogP contribution in [0.15, 0.2) is 102 Å². The molecule has 57 heavy (non-hydrogen) atoms. The number of H-pyrrole nitrogens is 1. The first kappa shape index (κ1) is 41.1. The highest BCUT2D eigenvalue weighted by atomic mass is 19.1. The molecule has 2 aromatic heterocycles. The molecule has 2 amide bonds. The van der Waals surface area contributed by atoms with Crippen molar-refractivity contribution in [1.82, 2.24) is 25.5 Å². The number of amides is 2. The van der Waals surface area contributed by atoms with E-state index in [1.165, 1.54) is 43.2 Å². The van der Waals surface area contributed by atoms with Crippen molar-refractivity contribution in [1.29, 1.82) is 0 Å². The van der Waals surface area contributed by atoms with Gasteiger partial charge in [-0.25, -0.2) is 9.37 Å². The number of nitrogens with zero attached hydrogens (tertiary/aromatic N) is 3. The summed E-state index contributed by atoms with van der Waals surface area (Å²) in [6, 6.07) is 18.6. The van der Waals surface area contributed by atoms with Crippen LogP contribution in [0.1, 0.15) is 97.7 Å². The number of aromatic amines is 1. The Bertz CT molecular complexity index is 2210. The highest BCUT2D eigenvalue weighted by Gasteiger charge is 2.24. The number of pyridine rings is 2. The van der Waals surface area contributed by atoms with E-state index < -0.39 is 5.82 Å². The zero-order valence-corrected chi connectivity index (χ0v) is 33.2. The molecule has 2 aliphatic carbocycles. The normalized spacial score (nSPS) is 18.8. The first-order chi connectivity index (χ1) is 27.5. The minimum atomic E-state index is -0.615. The predicted octanol–water partition coefficient (Wildman–Crippen LogP) is 7.73. The van der Waals surface area contributed by atoms with Gasteiger partial charge in [0.2, 0.25) is 5.91 Å². The van der Waals surface area contributed by atoms with E-state index in [9.17, 15) is 23.6 Å². The molecule has 11 heteroatoms. The van der Waals surface area contributed by atoms with Gasteiger partial charge in [-0.05, 0) is 105 Å². The minimum absolute atomic E-state index is 0.0786. The number of carbonyl (C=O) groups is 3. The average Bonchev–Trinajstić information content (AvgIpc) is 3.44. The van der Waals surface area contributed by atoms with E-state index in [0.717, 1.165) is 87.7 Å². The summed E-state index contributed by atoms with van der Waals surface area (Å²) >= 11 is 0. The van der Waals surface area contributed by atoms with E-state index in [-0.39, 0.29) is 40.4 Å². The number of allylic oxidation sites excluding steroid dienone is 5. The summed E-state index contributed by atoms with van der Waals surface area (Å²) in [6.07, 6.45) is 16.1. The van der Waals surface area contributed by atoms with Crippen LogP contribution in [-0.4, -0.2) is 64.7 Å². The van der Waals surface area contributed by atoms with Crippen LogP contribution < -0.4 is 21.0 Å². The van der Waals surface area contributed by atoms with Crippen molar-refractivity contribution in [2.24, 2.45) is 5.92 Å². The number of carbonyl (C=O) groups excluding carboxylic acids is 3. The number of nitrogens with one attached hydrogen (secondary N) is 3. The Labute approximate surface area is 334 Å². The molecule has 3 aliphatic rings. The van der Waals surface area contributed by atoms with Crippen LogP contribution in [0.5, 0.6) is 0 Å². The molecule has 0 bridgehead atoms. The van der Waals surface area contributed by atoms with E-state index in [1.54, 1.807) is 6.07 Å². The Morgan fingerprint density at radius 3 is 2.49 bits per heavy atom. The Morgan fingerprint density at radius 2 is 1.74 bits per heavy atom. The smallest absolute Gasteiger partial charge is 0.268 e. The number of hydrogen-bond acceptors (Lipinski definition) is 7. The van der Waals surface area contributed by atoms with E-state index in [2.05, 4.69) is 62.8 Å². The van der Waals surface area contributed by atoms with Gasteiger partial charge >= 0.3 is 0 Å². The van der Waals surface area contributed by atoms with Crippen molar-refractivity contribution >= 4 is 39.9 Å². The van der Waals surface area contributed by atoms with E-state index in [1.807, 2.05) is 36.4 Å². The zero-order valence-electron chi connectivity index (χ0n) is 33.2. The lowest BCUT2D eigenvalue weighted by molar-refractivity contribution is -0.116. The van der Waals surface area contributed by atoms with Crippen molar-refractivity contribution in [2.45, 2.75) is 78.3 Å². The van der Waals surface area contributed by atoms with Crippen LogP contribution in [0.3, 0.4) is 0 Å². The Balaban J connectivity index is 0.000000221. The minimum Gasteiger partial charge on any atom is -0.350 e. The van der Waals surface area contributed by atoms with Crippen molar-refractivity contribution in [3.8, 4) is 0 Å². The first-order valence-corrected chi connectivity index (χ1v) is 20.1. The van der Waals surface area contributed by atoms with Gasteiger partial charge in [0.25, 0.3) is 5.91 Å². The third kappa shape index (κ3) is 11.1. The predicted molar refractivity (Wildman–Crippen MR) is 224 cm³/mol. The summed E-state index contributed by atoms with van der Waals surface area (Å²) in [5.41, 5.74) is 5.10. The topological polar surface area (TPSA) is 128 Å². The molecule has 0 unspecified atom stereocenters. The lowest BCUT2D eigenvalue weighted by atomic mass is 9.87. The largest absolute Gasteiger partial charge is 0.350 e. The van der Waals surface area contributed by atoms with E-state index in [4.69, 9.17) is 0 Å². The van der Waals surface area contributed by atoms with Gasteiger partial charge in [-0.15, -0.1) is 0 Å². The number of benzene rings is 2. The second kappa shape index (κ2) is 19.6. The number of hydrogen-bond donors (Lipinski definition) is 3. The van der Waals surface area contributed by atoms with E-state index >= 15 is 0 Å². The van der Waals surface area contributed by atoms with Gasteiger partial charge in [-0.1, -0.05) is 61.5 Å². The molecular formula is C46H53FN6O4. The molecule has 1 saturated carbocycles. The number of halogens is 1. The molecule has 3 N–H and O–H groups in total. The van der Waals surface area contributed by atoms with Gasteiger partial charge in [0.05, 0.1) is 11.8 Å². The number of ketones is 1. The van der Waals surface area contributed by atoms with Crippen molar-refractivity contribution in [3.05, 3.63) is 135 Å². The van der Waals surface area contributed by atoms with E-state index in [0.29, 0.717) is 28.7 Å². The quantitative estimate of drug-likeness (QED) is 0.157. The van der Waals surface area contributed by atoms with Gasteiger partial charge < -0.3 is 15.6 Å². The lowest BCUT2D eigenvalue weighted by Crippen LogP contribution is -2.38. The highest BCUT2D eigenvalue weighted by molar-refractivity contribution is 6.04. The van der Waals surface area contributed by atoms with Crippen LogP contribution in [0, 0.1) is 11.7 Å². The third-order valence-electron chi connectivity index (χ3n) is 10.8. The molecule has 2 fully saturated rings. The fourth-order valence-corrected chi connectivity index (χ4v) is 7.62. The second-order valence-corrected chi connectivity index (χ2v) is 15.3. The highest BCUT2D eigenvalue weighted by Crippen LogP contribution is 2.29. The molecule has 0 atom stereocenters. The van der Waals surface area contributed by atoms with Crippen molar-refractivity contribution < 1.29 is 18.8 Å². The lowest BCUT2D eigenvalue weighted by Gasteiger charge is -2.26. The molecule has 3 heterocycles. The maximum Gasteiger partial charge on any atom is 0.268 e. The molecule has 0 radical (unpaired) electrons. The summed E-state index contributed by atoms with van der Waals surface area (Å²) in [5.74, 6) is -0.545. The molecule has 1 saturated heterocycles. The Hall–Kier alpha value is -5.52. The standard InChI is InChI=1S/C29H33FN4O2.C17H20N2O2/c1-21(35)28-18-26(30)19-32-29(28)34(22(2)36)27-7-5-6-24(12-13-27)25-10-8-23(9-11-25)20-33-16-4-3-14-31-15-17-33;1-11-6-8-12(9-7-11)18-17(21)15-10-16(20)13-4-2-3-5-14(13)19-15/h5-12,18-19,31H,3-4,13-17,20H2,1-2H3;2-5,10-12H,6-9H2,1H3,(H,18,21)(H,19,20). The van der Waals surface area contributed by atoms with Crippen LogP contribution >= 0.6 is 0 Å². The summed E-state index contributed by atoms with van der Waals surface area (Å²) in [5, 5.41) is 7.13. The molecule has 2 aromatic carbocycles. The summed E-state index contributed by atoms with van der Waals surface area (Å²) in [6.45, 7) is 10.3. The summed E-state index contributed by atoms with van der Waals surface area (Å²) in [4.78, 5) is 60.1. The van der Waals surface area contributed by atoms with Crippen LogP contribution in [0.4, 0.5) is 10.2 Å². The van der Waals surface area contributed by atoms with Crippen LogP contribution in [0.25, 0.3) is 16.5 Å². The monoisotopic (exact) mass is 772 g/mol. The first-order valence-electron chi connectivity index (χ1n) is 20.1. The number of Topliss-reactive ketones (excluding diaryl/α,β-unsaturated/α-hetero) is 1. The van der Waals surface area contributed by atoms with Gasteiger partial charge in [-0.3, -0.25) is 29.0 Å². The van der Waals surface area contributed by atoms with Gasteiger partial charge in [-0.2, -0.15) is 0 Å². The van der Waals surface area contributed by atoms with Gasteiger partial charge in [0, 0.05) is 61.7 Å². The average molecular weight is 773 g/mol. The number of anilines is 1. The molecule has 0 spiro atoms. The second-order valence-electron chi connectivity index (χ2n) is 15.3. The fraction of sp³-hybridized carbons (Fsp3) is 0.370. The maximum atomic E-state index is 13.8. The number of rotatable bonds is 8. The summed E-state index contributed by atoms with van der Waals surface area (Å²) in [7, 11) is 0. The zero-order chi connectivity index (χ0) is 40.3.